The molecule has 14 heavy (non-hydrogen) atoms. The Hall–Kier alpha value is -1.23. The predicted molar refractivity (Wildman–Crippen MR) is 47.2 cm³/mol. The highest BCUT2D eigenvalue weighted by atomic mass is 17.2. The van der Waals surface area contributed by atoms with E-state index in [0.717, 1.165) is 5.56 Å². The first-order chi connectivity index (χ1) is 6.90. The molecule has 0 aliphatic carbocycles. The Morgan fingerprint density at radius 3 is 2.57 bits per heavy atom. The number of carbonyl (C=O) groups excluding carboxylic acids is 1. The third-order valence-electron chi connectivity index (χ3n) is 1.96. The molecular weight excluding hydrogens is 184 g/mol. The average Bonchev–Trinajstić information content (AvgIpc) is 2.30. The Kier molecular flexibility index (Phi) is 2.88. The van der Waals surface area contributed by atoms with Crippen molar-refractivity contribution in [3.63, 3.8) is 0 Å². The van der Waals surface area contributed by atoms with Gasteiger partial charge in [0.05, 0.1) is 6.61 Å². The van der Waals surface area contributed by atoms with Crippen molar-refractivity contribution < 1.29 is 19.3 Å². The van der Waals surface area contributed by atoms with E-state index in [9.17, 15) is 4.79 Å². The van der Waals surface area contributed by atoms with Crippen LogP contribution in [0.25, 0.3) is 0 Å². The van der Waals surface area contributed by atoms with E-state index < -0.39 is 6.29 Å². The highest BCUT2D eigenvalue weighted by molar-refractivity contribution is 5.53. The summed E-state index contributed by atoms with van der Waals surface area (Å²) in [5, 5.41) is 0. The van der Waals surface area contributed by atoms with Gasteiger partial charge in [-0.05, 0) is 5.56 Å². The highest BCUT2D eigenvalue weighted by Gasteiger charge is 2.24. The summed E-state index contributed by atoms with van der Waals surface area (Å²) in [6.45, 7) is 0.327. The van der Waals surface area contributed by atoms with Gasteiger partial charge in [-0.3, -0.25) is 4.79 Å². The van der Waals surface area contributed by atoms with Gasteiger partial charge in [0.2, 0.25) is 6.29 Å². The van der Waals surface area contributed by atoms with Crippen LogP contribution in [-0.2, 0) is 19.3 Å². The molecule has 0 N–H and O–H groups in total. The summed E-state index contributed by atoms with van der Waals surface area (Å²) >= 11 is 0. The Bertz CT molecular complexity index is 290. The van der Waals surface area contributed by atoms with E-state index in [1.165, 1.54) is 0 Å². The van der Waals surface area contributed by atoms with Gasteiger partial charge in [-0.2, -0.15) is 4.89 Å². The molecule has 4 nitrogen and oxygen atoms in total. The van der Waals surface area contributed by atoms with Crippen LogP contribution in [0.15, 0.2) is 30.3 Å². The molecule has 0 bridgehead atoms. The van der Waals surface area contributed by atoms with Crippen LogP contribution in [-0.4, -0.2) is 19.2 Å². The minimum Gasteiger partial charge on any atom is -0.341 e. The van der Waals surface area contributed by atoms with E-state index in [4.69, 9.17) is 14.5 Å². The maximum absolute atomic E-state index is 10.3. The normalized spacial score (nSPS) is 27.1. The van der Waals surface area contributed by atoms with Gasteiger partial charge in [-0.15, -0.1) is 0 Å². The molecule has 0 spiro atoms. The van der Waals surface area contributed by atoms with Gasteiger partial charge in [-0.1, -0.05) is 30.3 Å². The van der Waals surface area contributed by atoms with Gasteiger partial charge < -0.3 is 4.74 Å². The first-order valence-corrected chi connectivity index (χ1v) is 4.34. The van der Waals surface area contributed by atoms with E-state index in [1.54, 1.807) is 0 Å². The third-order valence-corrected chi connectivity index (χ3v) is 1.96. The van der Waals surface area contributed by atoms with Crippen molar-refractivity contribution in [2.24, 2.45) is 0 Å². The molecule has 0 radical (unpaired) electrons. The van der Waals surface area contributed by atoms with Crippen LogP contribution in [0.1, 0.15) is 11.7 Å². The summed E-state index contributed by atoms with van der Waals surface area (Å²) < 4.78 is 5.08. The largest absolute Gasteiger partial charge is 0.341 e. The first kappa shape index (κ1) is 9.33. The van der Waals surface area contributed by atoms with E-state index >= 15 is 0 Å². The lowest BCUT2D eigenvalue weighted by Gasteiger charge is -2.25. The number of ether oxygens (including phenoxy) is 1. The van der Waals surface area contributed by atoms with Crippen LogP contribution < -0.4 is 0 Å². The van der Waals surface area contributed by atoms with Crippen molar-refractivity contribution in [1.29, 1.82) is 0 Å². The van der Waals surface area contributed by atoms with Crippen LogP contribution in [0.2, 0.25) is 0 Å². The maximum atomic E-state index is 10.3. The minimum absolute atomic E-state index is 0.257. The van der Waals surface area contributed by atoms with Crippen molar-refractivity contribution in [2.75, 3.05) is 6.61 Å². The monoisotopic (exact) mass is 194 g/mol. The van der Waals surface area contributed by atoms with Gasteiger partial charge in [0.1, 0.15) is 6.10 Å². The lowest BCUT2D eigenvalue weighted by molar-refractivity contribution is -0.428. The zero-order valence-electron chi connectivity index (χ0n) is 7.46. The van der Waals surface area contributed by atoms with E-state index in [1.807, 2.05) is 30.3 Å². The smallest absolute Gasteiger partial charge is 0.247 e. The fourth-order valence-corrected chi connectivity index (χ4v) is 1.24. The molecule has 0 amide bonds. The summed E-state index contributed by atoms with van der Waals surface area (Å²) in [6, 6.07) is 9.56. The average molecular weight is 194 g/mol. The predicted octanol–water partition coefficient (Wildman–Crippen LogP) is 1.23. The lowest BCUT2D eigenvalue weighted by Crippen LogP contribution is -2.30. The van der Waals surface area contributed by atoms with Crippen molar-refractivity contribution in [3.05, 3.63) is 35.9 Å². The Labute approximate surface area is 81.3 Å². The summed E-state index contributed by atoms with van der Waals surface area (Å²) in [7, 11) is 0. The summed E-state index contributed by atoms with van der Waals surface area (Å²) in [5.41, 5.74) is 0.969. The second-order valence-electron chi connectivity index (χ2n) is 2.93. The number of aldehydes is 1. The lowest BCUT2D eigenvalue weighted by atomic mass is 10.1. The van der Waals surface area contributed by atoms with Crippen molar-refractivity contribution in [1.82, 2.24) is 0 Å². The molecule has 1 aromatic carbocycles. The topological polar surface area (TPSA) is 44.8 Å². The fraction of sp³-hybridized carbons (Fsp3) is 0.300. The summed E-state index contributed by atoms with van der Waals surface area (Å²) in [4.78, 5) is 20.0. The molecule has 2 unspecified atom stereocenters. The van der Waals surface area contributed by atoms with Gasteiger partial charge >= 0.3 is 0 Å². The summed E-state index contributed by atoms with van der Waals surface area (Å²) in [5.74, 6) is 0. The van der Waals surface area contributed by atoms with Crippen molar-refractivity contribution in [3.8, 4) is 0 Å². The third kappa shape index (κ3) is 1.98. The zero-order chi connectivity index (χ0) is 9.80. The van der Waals surface area contributed by atoms with E-state index in [-0.39, 0.29) is 6.10 Å². The highest BCUT2D eigenvalue weighted by Crippen LogP contribution is 2.22. The van der Waals surface area contributed by atoms with Gasteiger partial charge in [-0.25, -0.2) is 4.89 Å². The molecule has 1 aromatic rings. The van der Waals surface area contributed by atoms with Crippen molar-refractivity contribution in [2.45, 2.75) is 12.4 Å². The molecule has 0 aromatic heterocycles. The number of hydrogen-bond acceptors (Lipinski definition) is 4. The Morgan fingerprint density at radius 2 is 2.00 bits per heavy atom. The quantitative estimate of drug-likeness (QED) is 0.524. The number of hydrogen-bond donors (Lipinski definition) is 0. The second kappa shape index (κ2) is 4.32. The molecule has 1 saturated heterocycles. The van der Waals surface area contributed by atoms with E-state index in [2.05, 4.69) is 0 Å². The second-order valence-corrected chi connectivity index (χ2v) is 2.93. The molecular formula is C10H10O4. The molecule has 0 saturated carbocycles. The van der Waals surface area contributed by atoms with Crippen LogP contribution in [0.4, 0.5) is 0 Å². The SMILES string of the molecule is O=CC1OCC(c2ccccc2)OO1. The molecule has 2 atom stereocenters. The standard InChI is InChI=1S/C10H10O4/c11-6-10-12-7-9(13-14-10)8-4-2-1-3-5-8/h1-6,9-10H,7H2. The number of benzene rings is 1. The number of carbonyl (C=O) groups is 1. The molecule has 4 heteroatoms. The molecule has 1 fully saturated rings. The molecule has 2 rings (SSSR count). The summed E-state index contributed by atoms with van der Waals surface area (Å²) in [6.07, 6.45) is -0.594. The number of rotatable bonds is 2. The van der Waals surface area contributed by atoms with Crippen LogP contribution in [0.5, 0.6) is 0 Å². The van der Waals surface area contributed by atoms with Gasteiger partial charge in [0.25, 0.3) is 0 Å². The maximum Gasteiger partial charge on any atom is 0.247 e. The minimum atomic E-state index is -0.894. The molecule has 1 heterocycles. The molecule has 1 aliphatic heterocycles. The van der Waals surface area contributed by atoms with Crippen LogP contribution >= 0.6 is 0 Å². The van der Waals surface area contributed by atoms with Gasteiger partial charge in [0, 0.05) is 0 Å². The molecule has 74 valence electrons. The van der Waals surface area contributed by atoms with Crippen LogP contribution in [0, 0.1) is 0 Å². The van der Waals surface area contributed by atoms with Crippen LogP contribution in [0.3, 0.4) is 0 Å². The van der Waals surface area contributed by atoms with Crippen molar-refractivity contribution >= 4 is 6.29 Å². The van der Waals surface area contributed by atoms with E-state index in [0.29, 0.717) is 12.9 Å². The molecule has 1 aliphatic rings. The fourth-order valence-electron chi connectivity index (χ4n) is 1.24. The Balaban J connectivity index is 1.99. The van der Waals surface area contributed by atoms with Gasteiger partial charge in [0.15, 0.2) is 6.29 Å². The zero-order valence-corrected chi connectivity index (χ0v) is 7.46. The first-order valence-electron chi connectivity index (χ1n) is 4.34. The Morgan fingerprint density at radius 1 is 1.21 bits per heavy atom.